The summed E-state index contributed by atoms with van der Waals surface area (Å²) in [7, 11) is -0.729. The molecule has 2 saturated heterocycles. The van der Waals surface area contributed by atoms with Gasteiger partial charge in [-0.25, -0.2) is 4.68 Å². The van der Waals surface area contributed by atoms with Crippen molar-refractivity contribution >= 4 is 23.5 Å². The molecule has 2 aromatic rings. The Kier molecular flexibility index (Phi) is 3.92. The van der Waals surface area contributed by atoms with Crippen molar-refractivity contribution in [3.8, 4) is 0 Å². The van der Waals surface area contributed by atoms with Crippen LogP contribution in [0.2, 0.25) is 0 Å². The molecule has 6 nitrogen and oxygen atoms in total. The zero-order chi connectivity index (χ0) is 17.8. The van der Waals surface area contributed by atoms with Crippen LogP contribution in [-0.4, -0.2) is 40.0 Å². The molecular formula is C17H22BFN2O4. The number of fused-ring (bicyclic) bond motifs is 1. The van der Waals surface area contributed by atoms with Crippen molar-refractivity contribution in [2.24, 2.45) is 0 Å². The van der Waals surface area contributed by atoms with Crippen molar-refractivity contribution < 1.29 is 23.5 Å². The van der Waals surface area contributed by atoms with Crippen molar-refractivity contribution in [3.05, 3.63) is 24.1 Å². The first kappa shape index (κ1) is 17.0. The van der Waals surface area contributed by atoms with E-state index in [1.807, 2.05) is 0 Å². The van der Waals surface area contributed by atoms with E-state index in [0.717, 1.165) is 19.3 Å². The Morgan fingerprint density at radius 3 is 2.72 bits per heavy atom. The fourth-order valence-electron chi connectivity index (χ4n) is 3.29. The van der Waals surface area contributed by atoms with E-state index < -0.39 is 24.5 Å². The number of hydrogen-bond donors (Lipinski definition) is 1. The normalized spacial score (nSPS) is 29.5. The highest BCUT2D eigenvalue weighted by Gasteiger charge is 2.54. The Hall–Kier alpha value is -1.48. The van der Waals surface area contributed by atoms with E-state index in [-0.39, 0.29) is 6.23 Å². The predicted molar refractivity (Wildman–Crippen MR) is 90.8 cm³/mol. The number of hydrogen-bond acceptors (Lipinski definition) is 5. The molecule has 134 valence electrons. The van der Waals surface area contributed by atoms with E-state index in [2.05, 4.69) is 5.10 Å². The second-order valence-corrected chi connectivity index (χ2v) is 7.39. The predicted octanol–water partition coefficient (Wildman–Crippen LogP) is 2.10. The zero-order valence-corrected chi connectivity index (χ0v) is 14.7. The van der Waals surface area contributed by atoms with Crippen molar-refractivity contribution in [1.82, 2.24) is 9.78 Å². The molecular weight excluding hydrogens is 326 g/mol. The fourth-order valence-corrected chi connectivity index (χ4v) is 3.29. The number of nitrogens with zero attached hydrogens (tertiary/aromatic N) is 2. The molecule has 2 unspecified atom stereocenters. The second kappa shape index (κ2) is 5.77. The first-order chi connectivity index (χ1) is 11.8. The standard InChI is InChI=1S/C17H22BFN2O4/c1-16(2)17(3,22)25-18(24-16)11-7-8-12-13(10-11)21(20-15(12)19)14-6-4-5-9-23-14/h7-8,10,14,22H,4-6,9H2,1-3H3. The fraction of sp³-hybridized carbons (Fsp3) is 0.588. The molecule has 0 aliphatic carbocycles. The molecule has 2 aliphatic rings. The molecule has 25 heavy (non-hydrogen) atoms. The minimum atomic E-state index is -1.41. The lowest BCUT2D eigenvalue weighted by Crippen LogP contribution is -2.44. The van der Waals surface area contributed by atoms with E-state index in [9.17, 15) is 9.50 Å². The molecule has 0 bridgehead atoms. The molecule has 0 radical (unpaired) electrons. The molecule has 2 aliphatic heterocycles. The molecule has 0 spiro atoms. The highest BCUT2D eigenvalue weighted by atomic mass is 19.1. The van der Waals surface area contributed by atoms with Gasteiger partial charge in [0, 0.05) is 6.61 Å². The van der Waals surface area contributed by atoms with Gasteiger partial charge in [-0.15, -0.1) is 5.10 Å². The van der Waals surface area contributed by atoms with Crippen LogP contribution in [0.5, 0.6) is 0 Å². The summed E-state index contributed by atoms with van der Waals surface area (Å²) in [6.45, 7) is 5.77. The lowest BCUT2D eigenvalue weighted by Gasteiger charge is -2.30. The van der Waals surface area contributed by atoms with Gasteiger partial charge in [0.05, 0.1) is 10.9 Å². The lowest BCUT2D eigenvalue weighted by atomic mass is 9.79. The highest BCUT2D eigenvalue weighted by molar-refractivity contribution is 6.62. The van der Waals surface area contributed by atoms with Gasteiger partial charge in [0.2, 0.25) is 5.95 Å². The van der Waals surface area contributed by atoms with Crippen LogP contribution < -0.4 is 5.46 Å². The van der Waals surface area contributed by atoms with E-state index >= 15 is 0 Å². The topological polar surface area (TPSA) is 65.7 Å². The summed E-state index contributed by atoms with van der Waals surface area (Å²) in [6, 6.07) is 5.20. The molecule has 2 fully saturated rings. The van der Waals surface area contributed by atoms with Crippen molar-refractivity contribution in [2.75, 3.05) is 6.61 Å². The Labute approximate surface area is 146 Å². The maximum absolute atomic E-state index is 14.2. The monoisotopic (exact) mass is 348 g/mol. The third-order valence-electron chi connectivity index (χ3n) is 5.24. The van der Waals surface area contributed by atoms with Crippen molar-refractivity contribution in [3.63, 3.8) is 0 Å². The largest absolute Gasteiger partial charge is 0.496 e. The minimum Gasteiger partial charge on any atom is -0.397 e. The average Bonchev–Trinajstić information content (AvgIpc) is 3.01. The summed E-state index contributed by atoms with van der Waals surface area (Å²) in [5, 5.41) is 14.8. The van der Waals surface area contributed by atoms with Gasteiger partial charge in [-0.05, 0) is 57.6 Å². The van der Waals surface area contributed by atoms with E-state index in [4.69, 9.17) is 14.0 Å². The van der Waals surface area contributed by atoms with Crippen LogP contribution in [0.3, 0.4) is 0 Å². The summed E-state index contributed by atoms with van der Waals surface area (Å²) in [5.41, 5.74) is 0.485. The summed E-state index contributed by atoms with van der Waals surface area (Å²) in [6.07, 6.45) is 2.58. The Bertz CT molecular complexity index is 785. The molecule has 0 amide bonds. The van der Waals surface area contributed by atoms with Gasteiger partial charge < -0.3 is 19.2 Å². The maximum atomic E-state index is 14.2. The Balaban J connectivity index is 1.72. The summed E-state index contributed by atoms with van der Waals surface area (Å²) in [4.78, 5) is 0. The number of rotatable bonds is 2. The van der Waals surface area contributed by atoms with Crippen LogP contribution >= 0.6 is 0 Å². The van der Waals surface area contributed by atoms with Gasteiger partial charge >= 0.3 is 7.12 Å². The van der Waals surface area contributed by atoms with Crippen LogP contribution in [0.1, 0.15) is 46.3 Å². The van der Waals surface area contributed by atoms with Crippen LogP contribution in [-0.2, 0) is 14.0 Å². The van der Waals surface area contributed by atoms with Crippen molar-refractivity contribution in [2.45, 2.75) is 57.6 Å². The van der Waals surface area contributed by atoms with Gasteiger partial charge in [-0.1, -0.05) is 6.07 Å². The molecule has 1 aromatic heterocycles. The minimum absolute atomic E-state index is 0.263. The Morgan fingerprint density at radius 2 is 2.08 bits per heavy atom. The number of halogens is 1. The number of aromatic nitrogens is 2. The lowest BCUT2D eigenvalue weighted by molar-refractivity contribution is -0.176. The van der Waals surface area contributed by atoms with E-state index in [0.29, 0.717) is 23.0 Å². The van der Waals surface area contributed by atoms with Crippen molar-refractivity contribution in [1.29, 1.82) is 0 Å². The van der Waals surface area contributed by atoms with Gasteiger partial charge in [0.25, 0.3) is 0 Å². The van der Waals surface area contributed by atoms with E-state index in [1.165, 1.54) is 0 Å². The smallest absolute Gasteiger partial charge is 0.397 e. The quantitative estimate of drug-likeness (QED) is 0.842. The summed E-state index contributed by atoms with van der Waals surface area (Å²) >= 11 is 0. The zero-order valence-electron chi connectivity index (χ0n) is 14.7. The maximum Gasteiger partial charge on any atom is 0.496 e. The third-order valence-corrected chi connectivity index (χ3v) is 5.24. The van der Waals surface area contributed by atoms with Gasteiger partial charge in [0.15, 0.2) is 12.0 Å². The Morgan fingerprint density at radius 1 is 1.28 bits per heavy atom. The van der Waals surface area contributed by atoms with Crippen LogP contribution in [0.15, 0.2) is 18.2 Å². The third kappa shape index (κ3) is 2.77. The van der Waals surface area contributed by atoms with Gasteiger partial charge in [0.1, 0.15) is 5.60 Å². The summed E-state index contributed by atoms with van der Waals surface area (Å²) < 4.78 is 33.1. The first-order valence-corrected chi connectivity index (χ1v) is 8.66. The van der Waals surface area contributed by atoms with Crippen LogP contribution in [0.4, 0.5) is 4.39 Å². The summed E-state index contributed by atoms with van der Waals surface area (Å²) in [5.74, 6) is -1.93. The SMILES string of the molecule is CC1(C)OB(c2ccc3c(F)nn(C4CCCCO4)c3c2)OC1(C)O. The number of aliphatic hydroxyl groups is 1. The molecule has 1 N–H and O–H groups in total. The number of ether oxygens (including phenoxy) is 1. The van der Waals surface area contributed by atoms with Gasteiger partial charge in [-0.3, -0.25) is 0 Å². The average molecular weight is 348 g/mol. The van der Waals surface area contributed by atoms with E-state index in [1.54, 1.807) is 43.7 Å². The van der Waals surface area contributed by atoms with Crippen LogP contribution in [0.25, 0.3) is 10.9 Å². The van der Waals surface area contributed by atoms with Gasteiger partial charge in [-0.2, -0.15) is 4.39 Å². The first-order valence-electron chi connectivity index (χ1n) is 8.66. The van der Waals surface area contributed by atoms with Crippen LogP contribution in [0, 0.1) is 5.95 Å². The molecule has 2 atom stereocenters. The highest BCUT2D eigenvalue weighted by Crippen LogP contribution is 2.35. The molecule has 3 heterocycles. The second-order valence-electron chi connectivity index (χ2n) is 7.39. The molecule has 1 aromatic carbocycles. The molecule has 8 heteroatoms. The number of benzene rings is 1. The molecule has 0 saturated carbocycles. The molecule has 4 rings (SSSR count).